The number of ether oxygens (including phenoxy) is 1. The number of rotatable bonds is 9. The number of fused-ring (bicyclic) bond motifs is 1. The van der Waals surface area contributed by atoms with Gasteiger partial charge in [-0.15, -0.1) is 10.2 Å². The Labute approximate surface area is 203 Å². The van der Waals surface area contributed by atoms with E-state index < -0.39 is 0 Å². The molecule has 35 heavy (non-hydrogen) atoms. The van der Waals surface area contributed by atoms with Gasteiger partial charge in [0, 0.05) is 37.2 Å². The Bertz CT molecular complexity index is 1310. The van der Waals surface area contributed by atoms with Gasteiger partial charge in [-0.3, -0.25) is 14.2 Å². The third-order valence-corrected chi connectivity index (χ3v) is 6.06. The van der Waals surface area contributed by atoms with Crippen molar-refractivity contribution in [3.63, 3.8) is 0 Å². The SMILES string of the molecule is O=C(COc1cccc(-n2cnnc2)c1)NC[C@@H](CN1Cc2ccccc2C1=O)c1ccccc1. The van der Waals surface area contributed by atoms with Crippen molar-refractivity contribution in [1.82, 2.24) is 25.0 Å². The molecule has 1 atom stereocenters. The van der Waals surface area contributed by atoms with E-state index in [-0.39, 0.29) is 24.3 Å². The number of benzene rings is 3. The number of hydrogen-bond donors (Lipinski definition) is 1. The second kappa shape index (κ2) is 10.2. The first-order valence-corrected chi connectivity index (χ1v) is 11.4. The molecule has 0 aliphatic carbocycles. The van der Waals surface area contributed by atoms with E-state index >= 15 is 0 Å². The monoisotopic (exact) mass is 467 g/mol. The standard InChI is InChI=1S/C27H25N5O3/c33-26(17-35-24-11-6-10-23(13-24)32-18-29-30-19-32)28-14-22(20-7-2-1-3-8-20)16-31-15-21-9-4-5-12-25(21)27(31)34/h1-13,18-19,22H,14-17H2,(H,28,33)/t22-/m0/s1. The van der Waals surface area contributed by atoms with Crippen LogP contribution in [0.2, 0.25) is 0 Å². The zero-order chi connectivity index (χ0) is 24.0. The summed E-state index contributed by atoms with van der Waals surface area (Å²) >= 11 is 0. The van der Waals surface area contributed by atoms with Gasteiger partial charge < -0.3 is 15.0 Å². The first-order chi connectivity index (χ1) is 17.2. The Morgan fingerprint density at radius 1 is 0.971 bits per heavy atom. The van der Waals surface area contributed by atoms with Crippen molar-refractivity contribution in [3.8, 4) is 11.4 Å². The maximum absolute atomic E-state index is 12.9. The highest BCUT2D eigenvalue weighted by atomic mass is 16.5. The average molecular weight is 468 g/mol. The predicted molar refractivity (Wildman–Crippen MR) is 130 cm³/mol. The molecule has 0 radical (unpaired) electrons. The number of nitrogens with zero attached hydrogens (tertiary/aromatic N) is 4. The number of amides is 2. The highest BCUT2D eigenvalue weighted by Gasteiger charge is 2.29. The Morgan fingerprint density at radius 3 is 2.54 bits per heavy atom. The van der Waals surface area contributed by atoms with Crippen LogP contribution in [0, 0.1) is 0 Å². The van der Waals surface area contributed by atoms with Gasteiger partial charge in [-0.25, -0.2) is 0 Å². The van der Waals surface area contributed by atoms with Crippen LogP contribution in [-0.2, 0) is 11.3 Å². The second-order valence-electron chi connectivity index (χ2n) is 8.41. The molecule has 0 spiro atoms. The lowest BCUT2D eigenvalue weighted by molar-refractivity contribution is -0.123. The number of aromatic nitrogens is 3. The summed E-state index contributed by atoms with van der Waals surface area (Å²) in [4.78, 5) is 27.3. The molecule has 1 aliphatic rings. The maximum atomic E-state index is 12.9. The van der Waals surface area contributed by atoms with E-state index in [0.717, 1.165) is 22.4 Å². The molecule has 8 nitrogen and oxygen atoms in total. The van der Waals surface area contributed by atoms with Crippen LogP contribution in [0.15, 0.2) is 91.5 Å². The molecule has 8 heteroatoms. The van der Waals surface area contributed by atoms with E-state index in [1.165, 1.54) is 0 Å². The summed E-state index contributed by atoms with van der Waals surface area (Å²) in [7, 11) is 0. The Morgan fingerprint density at radius 2 is 1.74 bits per heavy atom. The van der Waals surface area contributed by atoms with Gasteiger partial charge in [-0.05, 0) is 29.3 Å². The summed E-state index contributed by atoms with van der Waals surface area (Å²) in [6, 6.07) is 25.0. The topological polar surface area (TPSA) is 89.3 Å². The Balaban J connectivity index is 1.20. The zero-order valence-electron chi connectivity index (χ0n) is 19.1. The molecule has 5 rings (SSSR count). The van der Waals surface area contributed by atoms with Gasteiger partial charge >= 0.3 is 0 Å². The van der Waals surface area contributed by atoms with E-state index in [4.69, 9.17) is 4.74 Å². The molecule has 2 heterocycles. The van der Waals surface area contributed by atoms with Crippen molar-refractivity contribution in [3.05, 3.63) is 108 Å². The van der Waals surface area contributed by atoms with Crippen LogP contribution < -0.4 is 10.1 Å². The molecule has 0 unspecified atom stereocenters. The first-order valence-electron chi connectivity index (χ1n) is 11.4. The van der Waals surface area contributed by atoms with Crippen molar-refractivity contribution in [2.75, 3.05) is 19.7 Å². The molecule has 0 bridgehead atoms. The molecule has 0 saturated heterocycles. The van der Waals surface area contributed by atoms with E-state index in [1.54, 1.807) is 23.3 Å². The molecule has 2 amide bonds. The minimum absolute atomic E-state index is 0.0316. The fourth-order valence-electron chi connectivity index (χ4n) is 4.25. The van der Waals surface area contributed by atoms with Crippen LogP contribution in [0.4, 0.5) is 0 Å². The molecule has 4 aromatic rings. The normalized spacial score (nSPS) is 13.4. The van der Waals surface area contributed by atoms with Crippen molar-refractivity contribution >= 4 is 11.8 Å². The van der Waals surface area contributed by atoms with E-state index in [0.29, 0.717) is 25.4 Å². The lowest BCUT2D eigenvalue weighted by Gasteiger charge is -2.24. The molecule has 0 fully saturated rings. The Hall–Kier alpha value is -4.46. The fourth-order valence-corrected chi connectivity index (χ4v) is 4.25. The molecule has 1 N–H and O–H groups in total. The van der Waals surface area contributed by atoms with Gasteiger partial charge in [0.25, 0.3) is 11.8 Å². The van der Waals surface area contributed by atoms with Crippen molar-refractivity contribution < 1.29 is 14.3 Å². The van der Waals surface area contributed by atoms with Gasteiger partial charge in [0.15, 0.2) is 6.61 Å². The third kappa shape index (κ3) is 5.22. The van der Waals surface area contributed by atoms with Crippen molar-refractivity contribution in [1.29, 1.82) is 0 Å². The van der Waals surface area contributed by atoms with Crippen LogP contribution in [0.5, 0.6) is 5.75 Å². The van der Waals surface area contributed by atoms with Crippen LogP contribution >= 0.6 is 0 Å². The molecule has 176 valence electrons. The minimum atomic E-state index is -0.225. The summed E-state index contributed by atoms with van der Waals surface area (Å²) in [5.41, 5.74) is 3.70. The smallest absolute Gasteiger partial charge is 0.257 e. The molecule has 0 saturated carbocycles. The van der Waals surface area contributed by atoms with Gasteiger partial charge in [-0.2, -0.15) is 0 Å². The first kappa shape index (κ1) is 22.3. The highest BCUT2D eigenvalue weighted by Crippen LogP contribution is 2.26. The lowest BCUT2D eigenvalue weighted by Crippen LogP contribution is -2.37. The van der Waals surface area contributed by atoms with Gasteiger partial charge in [-0.1, -0.05) is 54.6 Å². The van der Waals surface area contributed by atoms with Crippen molar-refractivity contribution in [2.45, 2.75) is 12.5 Å². The summed E-state index contributed by atoms with van der Waals surface area (Å²) in [6.45, 7) is 1.38. The van der Waals surface area contributed by atoms with Gasteiger partial charge in [0.2, 0.25) is 0 Å². The lowest BCUT2D eigenvalue weighted by atomic mass is 9.98. The predicted octanol–water partition coefficient (Wildman–Crippen LogP) is 3.20. The van der Waals surface area contributed by atoms with Gasteiger partial charge in [0.1, 0.15) is 18.4 Å². The van der Waals surface area contributed by atoms with Crippen LogP contribution in [0.3, 0.4) is 0 Å². The Kier molecular flexibility index (Phi) is 6.52. The van der Waals surface area contributed by atoms with Crippen LogP contribution in [0.25, 0.3) is 5.69 Å². The molecule has 1 aromatic heterocycles. The van der Waals surface area contributed by atoms with E-state index in [2.05, 4.69) is 15.5 Å². The van der Waals surface area contributed by atoms with Crippen LogP contribution in [0.1, 0.15) is 27.4 Å². The quantitative estimate of drug-likeness (QED) is 0.408. The second-order valence-corrected chi connectivity index (χ2v) is 8.41. The van der Waals surface area contributed by atoms with E-state index in [1.807, 2.05) is 77.7 Å². The molecule has 3 aromatic carbocycles. The number of hydrogen-bond acceptors (Lipinski definition) is 5. The summed E-state index contributed by atoms with van der Waals surface area (Å²) in [5.74, 6) is 0.336. The molecular weight excluding hydrogens is 442 g/mol. The maximum Gasteiger partial charge on any atom is 0.257 e. The largest absolute Gasteiger partial charge is 0.484 e. The van der Waals surface area contributed by atoms with Gasteiger partial charge in [0.05, 0.1) is 5.69 Å². The summed E-state index contributed by atoms with van der Waals surface area (Å²) < 4.78 is 7.47. The molecule has 1 aliphatic heterocycles. The third-order valence-electron chi connectivity index (χ3n) is 6.06. The summed E-state index contributed by atoms with van der Waals surface area (Å²) in [5, 5.41) is 10.6. The van der Waals surface area contributed by atoms with Crippen molar-refractivity contribution in [2.24, 2.45) is 0 Å². The average Bonchev–Trinajstić information content (AvgIpc) is 3.55. The van der Waals surface area contributed by atoms with Crippen LogP contribution in [-0.4, -0.2) is 51.2 Å². The highest BCUT2D eigenvalue weighted by molar-refractivity contribution is 5.98. The fraction of sp³-hybridized carbons (Fsp3) is 0.185. The summed E-state index contributed by atoms with van der Waals surface area (Å²) in [6.07, 6.45) is 3.19. The number of carbonyl (C=O) groups is 2. The minimum Gasteiger partial charge on any atom is -0.484 e. The zero-order valence-corrected chi connectivity index (χ0v) is 19.1. The number of nitrogens with one attached hydrogen (secondary N) is 1. The molecular formula is C27H25N5O3. The number of carbonyl (C=O) groups excluding carboxylic acids is 2. The van der Waals surface area contributed by atoms with E-state index in [9.17, 15) is 9.59 Å².